The summed E-state index contributed by atoms with van der Waals surface area (Å²) < 4.78 is 17.9. The zero-order valence-corrected chi connectivity index (χ0v) is 26.8. The molecule has 0 saturated carbocycles. The van der Waals surface area contributed by atoms with Crippen LogP contribution in [0.1, 0.15) is 50.3 Å². The Kier molecular flexibility index (Phi) is 8.70. The Morgan fingerprint density at radius 3 is 2.00 bits per heavy atom. The molecule has 6 rings (SSSR count). The van der Waals surface area contributed by atoms with Gasteiger partial charge < -0.3 is 24.0 Å². The summed E-state index contributed by atoms with van der Waals surface area (Å²) in [6.45, 7) is 12.3. The third-order valence-corrected chi connectivity index (χ3v) is 8.68. The number of hydrogen-bond donors (Lipinski definition) is 0. The molecule has 45 heavy (non-hydrogen) atoms. The van der Waals surface area contributed by atoms with Crippen molar-refractivity contribution >= 4 is 11.8 Å². The summed E-state index contributed by atoms with van der Waals surface area (Å²) in [4.78, 5) is 21.6. The number of nitrogens with zero attached hydrogens (tertiary/aromatic N) is 3. The van der Waals surface area contributed by atoms with Crippen molar-refractivity contribution in [2.24, 2.45) is 5.41 Å². The topological polar surface area (TPSA) is 64.1 Å². The summed E-state index contributed by atoms with van der Waals surface area (Å²) in [5, 5.41) is 0. The largest absolute Gasteiger partial charge is 0.473 e. The lowest BCUT2D eigenvalue weighted by atomic mass is 9.72. The zero-order valence-electron chi connectivity index (χ0n) is 26.8. The molecule has 0 N–H and O–H groups in total. The second kappa shape index (κ2) is 12.8. The molecule has 7 nitrogen and oxygen atoms in total. The molecule has 3 aromatic carbocycles. The molecular formula is C38H43N3O4. The highest BCUT2D eigenvalue weighted by Gasteiger charge is 2.47. The van der Waals surface area contributed by atoms with E-state index in [0.717, 1.165) is 66.8 Å². The predicted octanol–water partition coefficient (Wildman–Crippen LogP) is 8.05. The molecule has 2 aliphatic rings. The molecule has 3 heterocycles. The van der Waals surface area contributed by atoms with E-state index in [0.29, 0.717) is 25.0 Å². The quantitative estimate of drug-likeness (QED) is 0.203. The molecular weight excluding hydrogens is 562 g/mol. The molecule has 0 unspecified atom stereocenters. The predicted molar refractivity (Wildman–Crippen MR) is 178 cm³/mol. The first-order chi connectivity index (χ1) is 21.7. The van der Waals surface area contributed by atoms with Gasteiger partial charge in [-0.25, -0.2) is 4.79 Å². The van der Waals surface area contributed by atoms with Crippen LogP contribution in [0.25, 0.3) is 11.1 Å². The molecule has 0 bridgehead atoms. The first kappa shape index (κ1) is 30.5. The van der Waals surface area contributed by atoms with Crippen molar-refractivity contribution in [3.8, 4) is 22.9 Å². The lowest BCUT2D eigenvalue weighted by Gasteiger charge is -2.54. The number of hydrogen-bond acceptors (Lipinski definition) is 6. The van der Waals surface area contributed by atoms with Gasteiger partial charge in [0.25, 0.3) is 0 Å². The van der Waals surface area contributed by atoms with Crippen molar-refractivity contribution < 1.29 is 19.0 Å². The van der Waals surface area contributed by atoms with Crippen molar-refractivity contribution in [2.75, 3.05) is 31.1 Å². The Labute approximate surface area is 266 Å². The van der Waals surface area contributed by atoms with Crippen LogP contribution in [0.15, 0.2) is 91.0 Å². The third-order valence-electron chi connectivity index (χ3n) is 8.68. The Balaban J connectivity index is 1.14. The average molecular weight is 606 g/mol. The van der Waals surface area contributed by atoms with Gasteiger partial charge in [0, 0.05) is 48.9 Å². The van der Waals surface area contributed by atoms with E-state index in [1.807, 2.05) is 86.3 Å². The van der Waals surface area contributed by atoms with E-state index in [4.69, 9.17) is 19.2 Å². The lowest BCUT2D eigenvalue weighted by Crippen LogP contribution is -2.62. The number of ether oxygens (including phenoxy) is 3. The van der Waals surface area contributed by atoms with Gasteiger partial charge in [-0.05, 0) is 81.0 Å². The number of benzene rings is 3. The minimum atomic E-state index is -0.462. The van der Waals surface area contributed by atoms with Crippen molar-refractivity contribution in [1.29, 1.82) is 0 Å². The minimum absolute atomic E-state index is 0.195. The Bertz CT molecular complexity index is 1600. The number of likely N-dealkylation sites (tertiary alicyclic amines) is 1. The molecule has 2 saturated heterocycles. The average Bonchev–Trinajstić information content (AvgIpc) is 3.02. The van der Waals surface area contributed by atoms with Crippen molar-refractivity contribution in [3.05, 3.63) is 108 Å². The molecule has 0 atom stereocenters. The fourth-order valence-electron chi connectivity index (χ4n) is 6.20. The summed E-state index contributed by atoms with van der Waals surface area (Å²) >= 11 is 0. The van der Waals surface area contributed by atoms with E-state index in [-0.39, 0.29) is 11.5 Å². The molecule has 234 valence electrons. The van der Waals surface area contributed by atoms with Gasteiger partial charge in [-0.15, -0.1) is 0 Å². The van der Waals surface area contributed by atoms with Crippen LogP contribution in [-0.4, -0.2) is 47.8 Å². The van der Waals surface area contributed by atoms with Gasteiger partial charge in [0.2, 0.25) is 11.8 Å². The number of piperidine rings is 1. The minimum Gasteiger partial charge on any atom is -0.473 e. The first-order valence-electron chi connectivity index (χ1n) is 15.8. The number of aromatic nitrogens is 1. The fraction of sp³-hybridized carbons (Fsp3) is 0.368. The molecule has 2 aliphatic heterocycles. The second-order valence-electron chi connectivity index (χ2n) is 13.4. The van der Waals surface area contributed by atoms with Gasteiger partial charge in [0.15, 0.2) is 0 Å². The van der Waals surface area contributed by atoms with Crippen molar-refractivity contribution in [2.45, 2.75) is 59.4 Å². The van der Waals surface area contributed by atoms with Crippen LogP contribution in [0, 0.1) is 12.3 Å². The number of amides is 1. The molecule has 1 aromatic heterocycles. The maximum atomic E-state index is 12.5. The van der Waals surface area contributed by atoms with E-state index >= 15 is 0 Å². The van der Waals surface area contributed by atoms with Gasteiger partial charge in [-0.1, -0.05) is 66.7 Å². The van der Waals surface area contributed by atoms with E-state index < -0.39 is 5.60 Å². The van der Waals surface area contributed by atoms with Crippen LogP contribution in [0.4, 0.5) is 10.5 Å². The lowest BCUT2D eigenvalue weighted by molar-refractivity contribution is -0.0434. The number of aryl methyl sites for hydroxylation is 1. The van der Waals surface area contributed by atoms with Crippen LogP contribution in [0.5, 0.6) is 11.8 Å². The first-order valence-corrected chi connectivity index (χ1v) is 15.8. The van der Waals surface area contributed by atoms with E-state index in [9.17, 15) is 4.79 Å². The van der Waals surface area contributed by atoms with Gasteiger partial charge in [0.05, 0.1) is 0 Å². The Morgan fingerprint density at radius 1 is 0.800 bits per heavy atom. The number of pyridine rings is 1. The van der Waals surface area contributed by atoms with Crippen LogP contribution in [0.3, 0.4) is 0 Å². The molecule has 0 radical (unpaired) electrons. The van der Waals surface area contributed by atoms with Crippen molar-refractivity contribution in [3.63, 3.8) is 0 Å². The number of anilines is 1. The second-order valence-corrected chi connectivity index (χ2v) is 13.4. The van der Waals surface area contributed by atoms with Crippen LogP contribution in [-0.2, 0) is 18.0 Å². The standard InChI is InChI=1S/C38H43N3O4/c1-28-23-31(40-21-19-38(20-22-40)26-41(27-38)36(42)45-37(2,3)4)15-16-32(28)33-17-18-34(43-24-29-11-7-5-8-12-29)39-35(33)44-25-30-13-9-6-10-14-30/h5-18,23H,19-22,24-27H2,1-4H3. The van der Waals surface area contributed by atoms with Crippen LogP contribution < -0.4 is 14.4 Å². The normalized spacial score (nSPS) is 15.8. The maximum absolute atomic E-state index is 12.5. The van der Waals surface area contributed by atoms with E-state index in [1.165, 1.54) is 5.69 Å². The molecule has 7 heteroatoms. The highest BCUT2D eigenvalue weighted by molar-refractivity contribution is 5.74. The summed E-state index contributed by atoms with van der Waals surface area (Å²) in [6.07, 6.45) is 1.94. The highest BCUT2D eigenvalue weighted by atomic mass is 16.6. The molecule has 0 aliphatic carbocycles. The molecule has 1 spiro atoms. The monoisotopic (exact) mass is 605 g/mol. The maximum Gasteiger partial charge on any atom is 0.410 e. The molecule has 2 fully saturated rings. The highest BCUT2D eigenvalue weighted by Crippen LogP contribution is 2.42. The summed E-state index contributed by atoms with van der Waals surface area (Å²) in [7, 11) is 0. The molecule has 1 amide bonds. The van der Waals surface area contributed by atoms with Crippen molar-refractivity contribution in [1.82, 2.24) is 9.88 Å². The van der Waals surface area contributed by atoms with Crippen LogP contribution in [0.2, 0.25) is 0 Å². The van der Waals surface area contributed by atoms with Gasteiger partial charge in [0.1, 0.15) is 18.8 Å². The number of carbonyl (C=O) groups is 1. The Morgan fingerprint density at radius 2 is 1.40 bits per heavy atom. The summed E-state index contributed by atoms with van der Waals surface area (Å²) in [5.74, 6) is 1.09. The van der Waals surface area contributed by atoms with Crippen LogP contribution >= 0.6 is 0 Å². The fourth-order valence-corrected chi connectivity index (χ4v) is 6.20. The Hall–Kier alpha value is -4.52. The number of rotatable bonds is 8. The number of carbonyl (C=O) groups excluding carboxylic acids is 1. The summed E-state index contributed by atoms with van der Waals surface area (Å²) in [6, 6.07) is 30.8. The van der Waals surface area contributed by atoms with E-state index in [2.05, 4.69) is 42.2 Å². The third kappa shape index (κ3) is 7.42. The van der Waals surface area contributed by atoms with Gasteiger partial charge in [-0.2, -0.15) is 4.98 Å². The molecule has 4 aromatic rings. The SMILES string of the molecule is Cc1cc(N2CCC3(CC2)CN(C(=O)OC(C)(C)C)C3)ccc1-c1ccc(OCc2ccccc2)nc1OCc1ccccc1. The van der Waals surface area contributed by atoms with E-state index in [1.54, 1.807) is 0 Å². The van der Waals surface area contributed by atoms with Gasteiger partial charge in [-0.3, -0.25) is 0 Å². The smallest absolute Gasteiger partial charge is 0.410 e. The zero-order chi connectivity index (χ0) is 31.4. The van der Waals surface area contributed by atoms with Gasteiger partial charge >= 0.3 is 6.09 Å². The summed E-state index contributed by atoms with van der Waals surface area (Å²) in [5.41, 5.74) is 6.33.